The molecule has 2 rings (SSSR count). The molecule has 0 saturated heterocycles. The van der Waals surface area contributed by atoms with Gasteiger partial charge in [0.25, 0.3) is 0 Å². The van der Waals surface area contributed by atoms with Gasteiger partial charge in [0.05, 0.1) is 12.3 Å². The van der Waals surface area contributed by atoms with E-state index in [9.17, 15) is 4.79 Å². The highest BCUT2D eigenvalue weighted by Gasteiger charge is 2.38. The van der Waals surface area contributed by atoms with E-state index in [0.29, 0.717) is 30.9 Å². The van der Waals surface area contributed by atoms with Gasteiger partial charge >= 0.3 is 5.97 Å². The van der Waals surface area contributed by atoms with Gasteiger partial charge in [-0.25, -0.2) is 9.78 Å². The molecule has 2 aromatic rings. The third-order valence-corrected chi connectivity index (χ3v) is 10.5. The van der Waals surface area contributed by atoms with E-state index in [0.717, 1.165) is 15.9 Å². The minimum absolute atomic E-state index is 0.0903. The third-order valence-electron chi connectivity index (χ3n) is 5.57. The maximum Gasteiger partial charge on any atom is 0.355 e. The van der Waals surface area contributed by atoms with Crippen molar-refractivity contribution >= 4 is 30.2 Å². The summed E-state index contributed by atoms with van der Waals surface area (Å²) in [4.78, 5) is 26.2. The highest BCUT2D eigenvalue weighted by atomic mass is 79.9. The maximum atomic E-state index is 11.6. The summed E-state index contributed by atoms with van der Waals surface area (Å²) in [6.45, 7) is 15.2. The summed E-state index contributed by atoms with van der Waals surface area (Å²) in [6.07, 6.45) is 0.640. The molecule has 1 aromatic carbocycles. The van der Waals surface area contributed by atoms with E-state index < -0.39 is 14.3 Å². The second-order valence-corrected chi connectivity index (χ2v) is 14.9. The lowest BCUT2D eigenvalue weighted by Crippen LogP contribution is -2.42. The summed E-state index contributed by atoms with van der Waals surface area (Å²) in [6, 6.07) is 11.1. The minimum atomic E-state index is -1.97. The summed E-state index contributed by atoms with van der Waals surface area (Å²) in [7, 11) is -1.97. The first-order valence-corrected chi connectivity index (χ1v) is 14.5. The Labute approximate surface area is 200 Å². The Morgan fingerprint density at radius 1 is 1.19 bits per heavy atom. The number of aryl methyl sites for hydroxylation is 1. The minimum Gasteiger partial charge on any atom is -0.482 e. The Kier molecular flexibility index (Phi) is 9.30. The van der Waals surface area contributed by atoms with E-state index in [2.05, 4.69) is 54.8 Å². The first-order valence-electron chi connectivity index (χ1n) is 10.8. The van der Waals surface area contributed by atoms with Gasteiger partial charge in [0.1, 0.15) is 10.4 Å². The molecular weight excluding hydrogens is 490 g/mol. The molecule has 0 aliphatic rings. The standard InChI is InChI=1S/C24H34BrNO5Si/c1-8-10-23(27)31-30-20-14-13-18(15-17(20)2)29-21(19-11-9-12-22(25)26-19)16-28-32(6,7)24(3,4)5/h9,11-15,21H,8,10,16H2,1-7H3. The number of ether oxygens (including phenoxy) is 1. The van der Waals surface area contributed by atoms with Crippen LogP contribution in [0.15, 0.2) is 41.0 Å². The zero-order chi connectivity index (χ0) is 23.9. The van der Waals surface area contributed by atoms with Gasteiger partial charge in [-0.05, 0) is 77.7 Å². The summed E-state index contributed by atoms with van der Waals surface area (Å²) in [5.74, 6) is 0.729. The summed E-state index contributed by atoms with van der Waals surface area (Å²) in [5.41, 5.74) is 1.57. The number of pyridine rings is 1. The molecule has 0 N–H and O–H groups in total. The van der Waals surface area contributed by atoms with Crippen LogP contribution in [0.2, 0.25) is 18.1 Å². The molecular formula is C24H34BrNO5Si. The molecule has 0 bridgehead atoms. The molecule has 8 heteroatoms. The number of benzene rings is 1. The second kappa shape index (κ2) is 11.3. The van der Waals surface area contributed by atoms with Crippen molar-refractivity contribution in [3.8, 4) is 11.5 Å². The van der Waals surface area contributed by atoms with Gasteiger partial charge < -0.3 is 9.16 Å². The van der Waals surface area contributed by atoms with Crippen molar-refractivity contribution in [1.29, 1.82) is 0 Å². The first kappa shape index (κ1) is 26.4. The highest BCUT2D eigenvalue weighted by Crippen LogP contribution is 2.37. The number of carbonyl (C=O) groups excluding carboxylic acids is 1. The van der Waals surface area contributed by atoms with E-state index in [-0.39, 0.29) is 11.1 Å². The third kappa shape index (κ3) is 7.60. The molecule has 1 atom stereocenters. The topological polar surface area (TPSA) is 66.9 Å². The fraction of sp³-hybridized carbons (Fsp3) is 0.500. The van der Waals surface area contributed by atoms with Crippen LogP contribution in [-0.2, 0) is 14.1 Å². The molecule has 0 saturated carbocycles. The molecule has 1 heterocycles. The summed E-state index contributed by atoms with van der Waals surface area (Å²) in [5, 5.41) is 0.0903. The van der Waals surface area contributed by atoms with E-state index in [4.69, 9.17) is 18.9 Å². The molecule has 1 aromatic heterocycles. The molecule has 0 fully saturated rings. The molecule has 6 nitrogen and oxygen atoms in total. The van der Waals surface area contributed by atoms with E-state index in [1.165, 1.54) is 0 Å². The first-order chi connectivity index (χ1) is 14.9. The van der Waals surface area contributed by atoms with Crippen LogP contribution in [0.5, 0.6) is 11.5 Å². The monoisotopic (exact) mass is 523 g/mol. The molecule has 0 aliphatic carbocycles. The van der Waals surface area contributed by atoms with Crippen molar-refractivity contribution in [3.05, 3.63) is 52.3 Å². The van der Waals surface area contributed by atoms with E-state index in [1.807, 2.05) is 38.1 Å². The Morgan fingerprint density at radius 2 is 1.91 bits per heavy atom. The van der Waals surface area contributed by atoms with Crippen LogP contribution in [0, 0.1) is 6.92 Å². The Morgan fingerprint density at radius 3 is 2.50 bits per heavy atom. The van der Waals surface area contributed by atoms with Gasteiger partial charge in [0, 0.05) is 12.0 Å². The van der Waals surface area contributed by atoms with Crippen molar-refractivity contribution in [2.24, 2.45) is 0 Å². The average molecular weight is 525 g/mol. The van der Waals surface area contributed by atoms with Gasteiger partial charge in [0.15, 0.2) is 20.2 Å². The number of halogens is 1. The van der Waals surface area contributed by atoms with Gasteiger partial charge in [-0.1, -0.05) is 33.8 Å². The van der Waals surface area contributed by atoms with Crippen LogP contribution in [0.4, 0.5) is 0 Å². The molecule has 0 amide bonds. The van der Waals surface area contributed by atoms with Crippen LogP contribution in [-0.4, -0.2) is 25.9 Å². The van der Waals surface area contributed by atoms with Crippen LogP contribution in [0.3, 0.4) is 0 Å². The average Bonchev–Trinajstić information content (AvgIpc) is 2.70. The maximum absolute atomic E-state index is 11.6. The Hall–Kier alpha value is -1.90. The Bertz CT molecular complexity index is 914. The van der Waals surface area contributed by atoms with E-state index in [1.54, 1.807) is 12.1 Å². The van der Waals surface area contributed by atoms with Crippen molar-refractivity contribution in [2.45, 2.75) is 71.7 Å². The summed E-state index contributed by atoms with van der Waals surface area (Å²) >= 11 is 3.44. The number of aromatic nitrogens is 1. The number of carbonyl (C=O) groups is 1. The lowest BCUT2D eigenvalue weighted by molar-refractivity contribution is -0.214. The Balaban J connectivity index is 2.18. The normalized spacial score (nSPS) is 12.9. The largest absolute Gasteiger partial charge is 0.482 e. The predicted octanol–water partition coefficient (Wildman–Crippen LogP) is 6.93. The lowest BCUT2D eigenvalue weighted by atomic mass is 10.2. The number of rotatable bonds is 10. The van der Waals surface area contributed by atoms with Crippen molar-refractivity contribution in [1.82, 2.24) is 4.98 Å². The molecule has 0 radical (unpaired) electrons. The van der Waals surface area contributed by atoms with Crippen LogP contribution in [0.25, 0.3) is 0 Å². The van der Waals surface area contributed by atoms with Crippen molar-refractivity contribution < 1.29 is 23.7 Å². The zero-order valence-electron chi connectivity index (χ0n) is 20.0. The SMILES string of the molecule is CCCC(=O)OOc1ccc(OC(CO[Si](C)(C)C(C)(C)C)c2cccc(Br)n2)cc1C. The number of nitrogens with zero attached hydrogens (tertiary/aromatic N) is 1. The fourth-order valence-corrected chi connectivity index (χ4v) is 3.93. The zero-order valence-corrected chi connectivity index (χ0v) is 22.6. The quantitative estimate of drug-likeness (QED) is 0.145. The molecule has 32 heavy (non-hydrogen) atoms. The van der Waals surface area contributed by atoms with Crippen LogP contribution >= 0.6 is 15.9 Å². The smallest absolute Gasteiger partial charge is 0.355 e. The molecule has 0 spiro atoms. The van der Waals surface area contributed by atoms with Gasteiger partial charge in [0.2, 0.25) is 0 Å². The van der Waals surface area contributed by atoms with Crippen molar-refractivity contribution in [3.63, 3.8) is 0 Å². The van der Waals surface area contributed by atoms with Gasteiger partial charge in [-0.3, -0.25) is 9.78 Å². The van der Waals surface area contributed by atoms with Gasteiger partial charge in [-0.2, -0.15) is 0 Å². The number of hydrogen-bond donors (Lipinski definition) is 0. The van der Waals surface area contributed by atoms with Crippen LogP contribution < -0.4 is 9.62 Å². The lowest BCUT2D eigenvalue weighted by Gasteiger charge is -2.37. The summed E-state index contributed by atoms with van der Waals surface area (Å²) < 4.78 is 13.5. The van der Waals surface area contributed by atoms with Crippen LogP contribution in [0.1, 0.15) is 57.9 Å². The molecule has 0 aliphatic heterocycles. The van der Waals surface area contributed by atoms with Gasteiger partial charge in [-0.15, -0.1) is 0 Å². The second-order valence-electron chi connectivity index (χ2n) is 9.28. The van der Waals surface area contributed by atoms with E-state index >= 15 is 0 Å². The highest BCUT2D eigenvalue weighted by molar-refractivity contribution is 9.10. The molecule has 1 unspecified atom stereocenters. The fourth-order valence-electron chi connectivity index (χ4n) is 2.57. The van der Waals surface area contributed by atoms with Crippen molar-refractivity contribution in [2.75, 3.05) is 6.61 Å². The predicted molar refractivity (Wildman–Crippen MR) is 131 cm³/mol. The number of hydrogen-bond acceptors (Lipinski definition) is 6. The molecule has 176 valence electrons.